The zero-order chi connectivity index (χ0) is 27.2. The molecular weight excluding hydrogens is 512 g/mol. The maximum Gasteiger partial charge on any atom is 0.232 e. The Balaban J connectivity index is 1.47. The number of unbranched alkanes of at least 4 members (excludes halogenated alkanes) is 1. The lowest BCUT2D eigenvalue weighted by Crippen LogP contribution is -2.38. The number of benzene rings is 2. The molecule has 2 aromatic heterocycles. The number of ether oxygens (including phenoxy) is 1. The van der Waals surface area contributed by atoms with Crippen LogP contribution in [0.2, 0.25) is 0 Å². The number of hydrogen-bond donors (Lipinski definition) is 3. The molecule has 1 fully saturated rings. The molecule has 1 saturated heterocycles. The SMILES string of the molecule is CCCCS(=O)(=O)Nc1cccc2c(Oc3ncccc3-c3ccnc(NC4CCCNC4)n3)c(C)ccc12. The fraction of sp³-hybridized carbons (Fsp3) is 0.345. The third kappa shape index (κ3) is 6.46. The van der Waals surface area contributed by atoms with Crippen molar-refractivity contribution < 1.29 is 13.2 Å². The predicted molar refractivity (Wildman–Crippen MR) is 156 cm³/mol. The second-order valence-electron chi connectivity index (χ2n) is 9.80. The van der Waals surface area contributed by atoms with Gasteiger partial charge in [0, 0.05) is 35.8 Å². The van der Waals surface area contributed by atoms with E-state index in [1.54, 1.807) is 18.5 Å². The van der Waals surface area contributed by atoms with Crippen molar-refractivity contribution in [1.82, 2.24) is 20.3 Å². The molecule has 1 atom stereocenters. The van der Waals surface area contributed by atoms with Crippen LogP contribution >= 0.6 is 0 Å². The van der Waals surface area contributed by atoms with E-state index in [0.29, 0.717) is 35.4 Å². The van der Waals surface area contributed by atoms with Crippen molar-refractivity contribution in [2.24, 2.45) is 0 Å². The average Bonchev–Trinajstić information content (AvgIpc) is 2.94. The van der Waals surface area contributed by atoms with Crippen LogP contribution in [0.4, 0.5) is 11.6 Å². The Labute approximate surface area is 229 Å². The summed E-state index contributed by atoms with van der Waals surface area (Å²) in [5, 5.41) is 8.37. The highest BCUT2D eigenvalue weighted by Crippen LogP contribution is 2.38. The highest BCUT2D eigenvalue weighted by Gasteiger charge is 2.18. The Hall–Kier alpha value is -3.76. The number of piperidine rings is 1. The molecule has 0 bridgehead atoms. The Kier molecular flexibility index (Phi) is 8.23. The number of rotatable bonds is 10. The molecule has 0 radical (unpaired) electrons. The molecule has 204 valence electrons. The quantitative estimate of drug-likeness (QED) is 0.239. The van der Waals surface area contributed by atoms with E-state index in [4.69, 9.17) is 9.72 Å². The molecule has 39 heavy (non-hydrogen) atoms. The fourth-order valence-corrected chi connectivity index (χ4v) is 6.00. The van der Waals surface area contributed by atoms with Crippen LogP contribution in [0.15, 0.2) is 60.9 Å². The van der Waals surface area contributed by atoms with Crippen molar-refractivity contribution in [3.05, 3.63) is 66.5 Å². The van der Waals surface area contributed by atoms with E-state index < -0.39 is 10.0 Å². The molecule has 4 aromatic rings. The van der Waals surface area contributed by atoms with E-state index in [1.165, 1.54) is 0 Å². The molecule has 10 heteroatoms. The predicted octanol–water partition coefficient (Wildman–Crippen LogP) is 5.50. The van der Waals surface area contributed by atoms with Gasteiger partial charge in [-0.3, -0.25) is 4.72 Å². The Morgan fingerprint density at radius 1 is 1.05 bits per heavy atom. The number of aryl methyl sites for hydroxylation is 1. The maximum atomic E-state index is 12.6. The molecule has 2 aromatic carbocycles. The third-order valence-electron chi connectivity index (χ3n) is 6.77. The summed E-state index contributed by atoms with van der Waals surface area (Å²) in [6.07, 6.45) is 7.01. The minimum absolute atomic E-state index is 0.0828. The zero-order valence-corrected chi connectivity index (χ0v) is 23.1. The average molecular weight is 547 g/mol. The summed E-state index contributed by atoms with van der Waals surface area (Å²) in [6, 6.07) is 15.3. The maximum absolute atomic E-state index is 12.6. The molecule has 0 spiro atoms. The second kappa shape index (κ2) is 12.0. The standard InChI is InChI=1S/C29H34N6O3S/c1-3-4-18-39(36,37)35-26-11-5-9-23-22(26)13-12-20(2)27(23)38-28-24(10-7-16-31-28)25-14-17-32-29(34-25)33-21-8-6-15-30-19-21/h5,7,9-14,16-17,21,30,35H,3-4,6,8,15,18-19H2,1-2H3,(H,32,33,34). The number of nitrogens with zero attached hydrogens (tertiary/aromatic N) is 3. The van der Waals surface area contributed by atoms with Gasteiger partial charge in [-0.1, -0.05) is 37.6 Å². The van der Waals surface area contributed by atoms with Crippen LogP contribution in [0.3, 0.4) is 0 Å². The van der Waals surface area contributed by atoms with Gasteiger partial charge in [0.25, 0.3) is 0 Å². The molecule has 1 unspecified atom stereocenters. The molecule has 0 aliphatic carbocycles. The van der Waals surface area contributed by atoms with E-state index in [-0.39, 0.29) is 11.8 Å². The fourth-order valence-electron chi connectivity index (χ4n) is 4.72. The van der Waals surface area contributed by atoms with Gasteiger partial charge >= 0.3 is 0 Å². The number of fused-ring (bicyclic) bond motifs is 1. The number of aromatic nitrogens is 3. The Bertz CT molecular complexity index is 1550. The lowest BCUT2D eigenvalue weighted by atomic mass is 10.0. The van der Waals surface area contributed by atoms with Gasteiger partial charge in [-0.2, -0.15) is 0 Å². The highest BCUT2D eigenvalue weighted by atomic mass is 32.2. The first-order chi connectivity index (χ1) is 18.9. The third-order valence-corrected chi connectivity index (χ3v) is 8.13. The van der Waals surface area contributed by atoms with Crippen LogP contribution < -0.4 is 20.1 Å². The van der Waals surface area contributed by atoms with Gasteiger partial charge in [0.2, 0.25) is 21.9 Å². The molecular formula is C29H34N6O3S. The van der Waals surface area contributed by atoms with Crippen molar-refractivity contribution >= 4 is 32.4 Å². The minimum atomic E-state index is -3.46. The number of pyridine rings is 1. The Morgan fingerprint density at radius 3 is 2.77 bits per heavy atom. The summed E-state index contributed by atoms with van der Waals surface area (Å²) in [5.41, 5.74) is 2.86. The number of hydrogen-bond acceptors (Lipinski definition) is 8. The summed E-state index contributed by atoms with van der Waals surface area (Å²) in [6.45, 7) is 5.85. The first-order valence-corrected chi connectivity index (χ1v) is 15.0. The molecule has 9 nitrogen and oxygen atoms in total. The van der Waals surface area contributed by atoms with Crippen LogP contribution in [0.25, 0.3) is 22.0 Å². The van der Waals surface area contributed by atoms with Gasteiger partial charge in [-0.25, -0.2) is 23.4 Å². The summed E-state index contributed by atoms with van der Waals surface area (Å²) < 4.78 is 34.5. The van der Waals surface area contributed by atoms with Crippen molar-refractivity contribution in [2.45, 2.75) is 45.6 Å². The second-order valence-corrected chi connectivity index (χ2v) is 11.6. The summed E-state index contributed by atoms with van der Waals surface area (Å²) in [7, 11) is -3.46. The largest absolute Gasteiger partial charge is 0.437 e. The number of nitrogens with one attached hydrogen (secondary N) is 3. The summed E-state index contributed by atoms with van der Waals surface area (Å²) in [5.74, 6) is 1.67. The first kappa shape index (κ1) is 26.8. The van der Waals surface area contributed by atoms with E-state index in [9.17, 15) is 8.42 Å². The van der Waals surface area contributed by atoms with Crippen LogP contribution in [0, 0.1) is 6.92 Å². The topological polar surface area (TPSA) is 118 Å². The number of sulfonamides is 1. The molecule has 0 saturated carbocycles. The normalized spacial score (nSPS) is 15.7. The van der Waals surface area contributed by atoms with Crippen LogP contribution in [-0.2, 0) is 10.0 Å². The van der Waals surface area contributed by atoms with Crippen LogP contribution in [-0.4, -0.2) is 48.3 Å². The van der Waals surface area contributed by atoms with Crippen molar-refractivity contribution in [3.8, 4) is 22.9 Å². The smallest absolute Gasteiger partial charge is 0.232 e. The molecule has 3 N–H and O–H groups in total. The molecule has 5 rings (SSSR count). The minimum Gasteiger partial charge on any atom is -0.437 e. The molecule has 1 aliphatic rings. The lowest BCUT2D eigenvalue weighted by Gasteiger charge is -2.23. The van der Waals surface area contributed by atoms with E-state index in [1.807, 2.05) is 56.3 Å². The first-order valence-electron chi connectivity index (χ1n) is 13.4. The van der Waals surface area contributed by atoms with Gasteiger partial charge in [0.1, 0.15) is 5.75 Å². The summed E-state index contributed by atoms with van der Waals surface area (Å²) >= 11 is 0. The van der Waals surface area contributed by atoms with Crippen LogP contribution in [0.1, 0.15) is 38.2 Å². The van der Waals surface area contributed by atoms with Crippen molar-refractivity contribution in [1.29, 1.82) is 0 Å². The van der Waals surface area contributed by atoms with Gasteiger partial charge in [0.05, 0.1) is 22.7 Å². The van der Waals surface area contributed by atoms with E-state index >= 15 is 0 Å². The van der Waals surface area contributed by atoms with E-state index in [2.05, 4.69) is 25.3 Å². The molecule has 1 aliphatic heterocycles. The molecule has 3 heterocycles. The summed E-state index contributed by atoms with van der Waals surface area (Å²) in [4.78, 5) is 13.7. The van der Waals surface area contributed by atoms with Gasteiger partial charge in [0.15, 0.2) is 0 Å². The van der Waals surface area contributed by atoms with Crippen LogP contribution in [0.5, 0.6) is 11.6 Å². The van der Waals surface area contributed by atoms with Crippen molar-refractivity contribution in [2.75, 3.05) is 28.9 Å². The van der Waals surface area contributed by atoms with Gasteiger partial charge in [-0.15, -0.1) is 0 Å². The monoisotopic (exact) mass is 546 g/mol. The Morgan fingerprint density at radius 2 is 1.95 bits per heavy atom. The number of anilines is 2. The highest BCUT2D eigenvalue weighted by molar-refractivity contribution is 7.92. The zero-order valence-electron chi connectivity index (χ0n) is 22.3. The lowest BCUT2D eigenvalue weighted by molar-refractivity contribution is 0.466. The van der Waals surface area contributed by atoms with Crippen molar-refractivity contribution in [3.63, 3.8) is 0 Å². The van der Waals surface area contributed by atoms with E-state index in [0.717, 1.165) is 54.3 Å². The van der Waals surface area contributed by atoms with Gasteiger partial charge in [-0.05, 0) is 62.6 Å². The van der Waals surface area contributed by atoms with Gasteiger partial charge < -0.3 is 15.4 Å². The molecule has 0 amide bonds.